The molecule has 0 aliphatic heterocycles. The van der Waals surface area contributed by atoms with Gasteiger partial charge < -0.3 is 9.88 Å². The minimum atomic E-state index is -0.415. The van der Waals surface area contributed by atoms with Crippen molar-refractivity contribution in [2.45, 2.75) is 40.2 Å². The highest BCUT2D eigenvalue weighted by Crippen LogP contribution is 2.24. The quantitative estimate of drug-likeness (QED) is 0.385. The molecule has 0 spiro atoms. The van der Waals surface area contributed by atoms with Crippen molar-refractivity contribution >= 4 is 28.3 Å². The zero-order chi connectivity index (χ0) is 23.0. The average molecular weight is 434 g/mol. The fourth-order valence-electron chi connectivity index (χ4n) is 3.69. The topological polar surface area (TPSA) is 101 Å². The Morgan fingerprint density at radius 3 is 2.69 bits per heavy atom. The van der Waals surface area contributed by atoms with Crippen LogP contribution in [0.5, 0.6) is 0 Å². The van der Waals surface area contributed by atoms with Crippen LogP contribution < -0.4 is 5.56 Å². The van der Waals surface area contributed by atoms with E-state index in [2.05, 4.69) is 20.2 Å². The van der Waals surface area contributed by atoms with E-state index in [1.807, 2.05) is 57.0 Å². The molecular weight excluding hydrogens is 406 g/mol. The maximum absolute atomic E-state index is 13.1. The van der Waals surface area contributed by atoms with Crippen LogP contribution in [0.4, 0.5) is 0 Å². The molecule has 0 saturated carbocycles. The van der Waals surface area contributed by atoms with E-state index < -0.39 is 5.91 Å². The maximum Gasteiger partial charge on any atom is 0.284 e. The maximum atomic E-state index is 13.1. The molecular formula is C23H27N7O2. The summed E-state index contributed by atoms with van der Waals surface area (Å²) in [5, 5.41) is 9.80. The summed E-state index contributed by atoms with van der Waals surface area (Å²) in [4.78, 5) is 35.3. The summed E-state index contributed by atoms with van der Waals surface area (Å²) in [6.07, 6.45) is 3.18. The van der Waals surface area contributed by atoms with Gasteiger partial charge in [0.2, 0.25) is 0 Å². The molecule has 0 unspecified atom stereocenters. The molecule has 3 heterocycles. The minimum absolute atomic E-state index is 0.303. The first kappa shape index (κ1) is 21.5. The Morgan fingerprint density at radius 1 is 1.22 bits per heavy atom. The summed E-state index contributed by atoms with van der Waals surface area (Å²) in [6, 6.07) is 7.41. The molecule has 0 fully saturated rings. The number of hydrogen-bond donors (Lipinski definition) is 1. The number of fused-ring (bicyclic) bond motifs is 2. The fourth-order valence-corrected chi connectivity index (χ4v) is 3.69. The van der Waals surface area contributed by atoms with Crippen molar-refractivity contribution in [3.63, 3.8) is 0 Å². The number of aliphatic imine (C=N–C) groups is 1. The third-order valence-corrected chi connectivity index (χ3v) is 5.55. The van der Waals surface area contributed by atoms with Gasteiger partial charge in [-0.15, -0.1) is 0 Å². The van der Waals surface area contributed by atoms with Crippen LogP contribution in [-0.2, 0) is 13.0 Å². The Kier molecular flexibility index (Phi) is 5.65. The van der Waals surface area contributed by atoms with Crippen molar-refractivity contribution in [1.82, 2.24) is 29.3 Å². The van der Waals surface area contributed by atoms with Crippen molar-refractivity contribution in [2.75, 3.05) is 14.1 Å². The first-order chi connectivity index (χ1) is 15.3. The van der Waals surface area contributed by atoms with Gasteiger partial charge in [-0.05, 0) is 38.0 Å². The molecule has 9 nitrogen and oxygen atoms in total. The van der Waals surface area contributed by atoms with E-state index in [4.69, 9.17) is 0 Å². The zero-order valence-electron chi connectivity index (χ0n) is 19.0. The third kappa shape index (κ3) is 3.70. The fraction of sp³-hybridized carbons (Fsp3) is 0.348. The van der Waals surface area contributed by atoms with Gasteiger partial charge in [0, 0.05) is 32.1 Å². The number of benzene rings is 1. The summed E-state index contributed by atoms with van der Waals surface area (Å²) in [6.45, 7) is 6.59. The van der Waals surface area contributed by atoms with Crippen LogP contribution in [0.1, 0.15) is 43.2 Å². The molecule has 9 heteroatoms. The Balaban J connectivity index is 1.91. The number of H-pyrrole nitrogens is 1. The second-order valence-corrected chi connectivity index (χ2v) is 7.95. The van der Waals surface area contributed by atoms with Gasteiger partial charge in [-0.1, -0.05) is 19.4 Å². The molecule has 0 aliphatic carbocycles. The van der Waals surface area contributed by atoms with Crippen LogP contribution >= 0.6 is 0 Å². The molecule has 4 aromatic rings. The summed E-state index contributed by atoms with van der Waals surface area (Å²) in [5.74, 6) is 0.163. The van der Waals surface area contributed by atoms with E-state index >= 15 is 0 Å². The lowest BCUT2D eigenvalue weighted by Gasteiger charge is -2.10. The summed E-state index contributed by atoms with van der Waals surface area (Å²) in [5.41, 5.74) is 3.43. The van der Waals surface area contributed by atoms with E-state index in [0.717, 1.165) is 29.4 Å². The predicted molar refractivity (Wildman–Crippen MR) is 125 cm³/mol. The van der Waals surface area contributed by atoms with Gasteiger partial charge in [0.1, 0.15) is 11.4 Å². The summed E-state index contributed by atoms with van der Waals surface area (Å²) < 4.78 is 3.18. The number of rotatable bonds is 5. The molecule has 1 aromatic carbocycles. The average Bonchev–Trinajstić information content (AvgIpc) is 3.34. The zero-order valence-corrected chi connectivity index (χ0v) is 19.0. The second-order valence-electron chi connectivity index (χ2n) is 7.95. The van der Waals surface area contributed by atoms with Crippen LogP contribution in [0.15, 0.2) is 40.2 Å². The van der Waals surface area contributed by atoms with Crippen molar-refractivity contribution in [3.05, 3.63) is 52.1 Å². The monoisotopic (exact) mass is 433 g/mol. The van der Waals surface area contributed by atoms with Crippen LogP contribution in [0, 0.1) is 0 Å². The van der Waals surface area contributed by atoms with Gasteiger partial charge in [-0.25, -0.2) is 0 Å². The smallest absolute Gasteiger partial charge is 0.284 e. The second kappa shape index (κ2) is 8.41. The van der Waals surface area contributed by atoms with Crippen LogP contribution in [-0.4, -0.2) is 55.1 Å². The third-order valence-electron chi connectivity index (χ3n) is 5.55. The number of carbonyl (C=O) groups is 1. The Labute approximate surface area is 185 Å². The molecule has 166 valence electrons. The number of amides is 1. The number of nitrogens with zero attached hydrogens (tertiary/aromatic N) is 6. The molecule has 3 aromatic heterocycles. The predicted octanol–water partition coefficient (Wildman–Crippen LogP) is 3.13. The summed E-state index contributed by atoms with van der Waals surface area (Å²) in [7, 11) is 3.65. The number of carbonyl (C=O) groups excluding carboxylic acids is 1. The molecule has 1 N–H and O–H groups in total. The SMILES string of the molecule is CCCc1nn2c(=O)cc(-c3ccc4c(cnn4CC)c3)[nH]c2c1C(=O)/N=C(/C)N(C)C. The van der Waals surface area contributed by atoms with Crippen molar-refractivity contribution in [2.24, 2.45) is 4.99 Å². The standard InChI is InChI=1S/C23H27N7O2/c1-6-8-17-21(23(32)25-14(3)28(4)5)22-26-18(12-20(31)30(22)27-17)15-9-10-19-16(11-15)13-24-29(19)7-2/h9-13,26H,6-8H2,1-5H3/b25-14-. The molecule has 0 aliphatic rings. The van der Waals surface area contributed by atoms with E-state index in [0.29, 0.717) is 34.9 Å². The van der Waals surface area contributed by atoms with Crippen molar-refractivity contribution in [3.8, 4) is 11.3 Å². The first-order valence-corrected chi connectivity index (χ1v) is 10.7. The minimum Gasteiger partial charge on any atom is -0.366 e. The van der Waals surface area contributed by atoms with Gasteiger partial charge in [-0.2, -0.15) is 19.7 Å². The van der Waals surface area contributed by atoms with E-state index in [-0.39, 0.29) is 5.56 Å². The highest BCUT2D eigenvalue weighted by Gasteiger charge is 2.22. The number of nitrogens with one attached hydrogen (secondary N) is 1. The Hall–Kier alpha value is -3.75. The van der Waals surface area contributed by atoms with E-state index in [9.17, 15) is 9.59 Å². The molecule has 0 bridgehead atoms. The largest absolute Gasteiger partial charge is 0.366 e. The molecule has 1 amide bonds. The van der Waals surface area contributed by atoms with Gasteiger partial charge in [0.15, 0.2) is 5.65 Å². The van der Waals surface area contributed by atoms with Crippen LogP contribution in [0.25, 0.3) is 27.8 Å². The number of amidine groups is 1. The van der Waals surface area contributed by atoms with Crippen molar-refractivity contribution < 1.29 is 4.79 Å². The Bertz CT molecular complexity index is 1410. The molecule has 32 heavy (non-hydrogen) atoms. The van der Waals surface area contributed by atoms with Gasteiger partial charge in [0.05, 0.1) is 23.1 Å². The number of aryl methyl sites for hydroxylation is 2. The molecule has 0 radical (unpaired) electrons. The molecule has 4 rings (SSSR count). The van der Waals surface area contributed by atoms with Gasteiger partial charge in [0.25, 0.3) is 11.5 Å². The normalized spacial score (nSPS) is 12.1. The lowest BCUT2D eigenvalue weighted by atomic mass is 10.1. The van der Waals surface area contributed by atoms with Crippen molar-refractivity contribution in [1.29, 1.82) is 0 Å². The van der Waals surface area contributed by atoms with E-state index in [1.165, 1.54) is 10.6 Å². The van der Waals surface area contributed by atoms with Crippen LogP contribution in [0.3, 0.4) is 0 Å². The number of aromatic nitrogens is 5. The lowest BCUT2D eigenvalue weighted by molar-refractivity contribution is 0.100. The molecule has 0 atom stereocenters. The van der Waals surface area contributed by atoms with E-state index in [1.54, 1.807) is 11.8 Å². The highest BCUT2D eigenvalue weighted by atomic mass is 16.1. The Morgan fingerprint density at radius 2 is 2.00 bits per heavy atom. The number of hydrogen-bond acceptors (Lipinski definition) is 4. The summed E-state index contributed by atoms with van der Waals surface area (Å²) >= 11 is 0. The lowest BCUT2D eigenvalue weighted by Crippen LogP contribution is -2.20. The first-order valence-electron chi connectivity index (χ1n) is 10.7. The van der Waals surface area contributed by atoms with Gasteiger partial charge >= 0.3 is 0 Å². The van der Waals surface area contributed by atoms with Crippen LogP contribution in [0.2, 0.25) is 0 Å². The highest BCUT2D eigenvalue weighted by molar-refractivity contribution is 6.07. The van der Waals surface area contributed by atoms with Gasteiger partial charge in [-0.3, -0.25) is 14.3 Å². The number of aromatic amines is 1. The molecule has 0 saturated heterocycles.